The van der Waals surface area contributed by atoms with Crippen LogP contribution in [0.3, 0.4) is 0 Å². The molecule has 1 aliphatic rings. The van der Waals surface area contributed by atoms with E-state index in [0.717, 1.165) is 24.0 Å². The van der Waals surface area contributed by atoms with Gasteiger partial charge < -0.3 is 4.74 Å². The number of fused-ring (bicyclic) bond motifs is 1. The Bertz CT molecular complexity index is 450. The molecule has 0 N–H and O–H groups in total. The molecule has 3 heteroatoms. The lowest BCUT2D eigenvalue weighted by molar-refractivity contribution is -0.114. The van der Waals surface area contributed by atoms with Crippen LogP contribution in [0.25, 0.3) is 5.57 Å². The Kier molecular flexibility index (Phi) is 5.56. The lowest BCUT2D eigenvalue weighted by Gasteiger charge is -2.13. The largest absolute Gasteiger partial charge is 0.481 e. The summed E-state index contributed by atoms with van der Waals surface area (Å²) in [4.78, 5) is 15.6. The molecular formula is C15H21NO2. The van der Waals surface area contributed by atoms with Crippen LogP contribution in [0.2, 0.25) is 0 Å². The lowest BCUT2D eigenvalue weighted by Crippen LogP contribution is -2.04. The summed E-state index contributed by atoms with van der Waals surface area (Å²) in [5.41, 5.74) is 3.27. The SMILES string of the molecule is CC.COc1cc2c(cn1)/C(C)=C\C(=O)CCC2. The maximum Gasteiger partial charge on any atom is 0.213 e. The zero-order valence-corrected chi connectivity index (χ0v) is 11.6. The number of ketones is 1. The van der Waals surface area contributed by atoms with Crippen LogP contribution < -0.4 is 4.74 Å². The summed E-state index contributed by atoms with van der Waals surface area (Å²) in [6.45, 7) is 5.95. The van der Waals surface area contributed by atoms with Crippen LogP contribution in [-0.2, 0) is 11.2 Å². The number of methoxy groups -OCH3 is 1. The molecule has 0 aliphatic heterocycles. The Hall–Kier alpha value is -1.64. The van der Waals surface area contributed by atoms with Crippen molar-refractivity contribution >= 4 is 11.4 Å². The fraction of sp³-hybridized carbons (Fsp3) is 0.467. The maximum absolute atomic E-state index is 11.5. The average molecular weight is 247 g/mol. The average Bonchev–Trinajstić information content (AvgIpc) is 2.39. The lowest BCUT2D eigenvalue weighted by atomic mass is 9.94. The second kappa shape index (κ2) is 6.94. The number of ether oxygens (including phenoxy) is 1. The normalized spacial score (nSPS) is 17.3. The molecule has 0 saturated carbocycles. The van der Waals surface area contributed by atoms with E-state index in [-0.39, 0.29) is 5.78 Å². The maximum atomic E-state index is 11.5. The summed E-state index contributed by atoms with van der Waals surface area (Å²) in [5.74, 6) is 0.845. The van der Waals surface area contributed by atoms with Gasteiger partial charge in [-0.2, -0.15) is 0 Å². The van der Waals surface area contributed by atoms with Gasteiger partial charge in [0, 0.05) is 18.7 Å². The summed E-state index contributed by atoms with van der Waals surface area (Å²) in [5, 5.41) is 0. The molecule has 2 rings (SSSR count). The topological polar surface area (TPSA) is 39.2 Å². The first kappa shape index (κ1) is 14.4. The van der Waals surface area contributed by atoms with E-state index < -0.39 is 0 Å². The third kappa shape index (κ3) is 3.42. The summed E-state index contributed by atoms with van der Waals surface area (Å²) in [6, 6.07) is 1.96. The number of allylic oxidation sites excluding steroid dienone is 2. The first-order valence-electron chi connectivity index (χ1n) is 6.45. The number of rotatable bonds is 1. The van der Waals surface area contributed by atoms with E-state index in [1.807, 2.05) is 26.8 Å². The van der Waals surface area contributed by atoms with Crippen molar-refractivity contribution in [3.05, 3.63) is 29.5 Å². The Labute approximate surface area is 109 Å². The molecule has 3 nitrogen and oxygen atoms in total. The molecule has 1 aromatic rings. The highest BCUT2D eigenvalue weighted by Crippen LogP contribution is 2.25. The highest BCUT2D eigenvalue weighted by atomic mass is 16.5. The Balaban J connectivity index is 0.000000771. The number of pyridine rings is 1. The van der Waals surface area contributed by atoms with Gasteiger partial charge in [0.05, 0.1) is 7.11 Å². The van der Waals surface area contributed by atoms with Gasteiger partial charge in [-0.05, 0) is 42.5 Å². The van der Waals surface area contributed by atoms with Gasteiger partial charge in [-0.25, -0.2) is 4.98 Å². The molecule has 1 aliphatic carbocycles. The number of aryl methyl sites for hydroxylation is 1. The predicted octanol–water partition coefficient (Wildman–Crippen LogP) is 3.43. The number of nitrogens with zero attached hydrogens (tertiary/aromatic N) is 1. The molecule has 0 bridgehead atoms. The third-order valence-electron chi connectivity index (χ3n) is 2.85. The number of hydrogen-bond donors (Lipinski definition) is 0. The van der Waals surface area contributed by atoms with E-state index in [2.05, 4.69) is 4.98 Å². The highest BCUT2D eigenvalue weighted by Gasteiger charge is 2.12. The predicted molar refractivity (Wildman–Crippen MR) is 73.7 cm³/mol. The minimum absolute atomic E-state index is 0.207. The fourth-order valence-electron chi connectivity index (χ4n) is 1.99. The van der Waals surface area contributed by atoms with E-state index in [0.29, 0.717) is 12.3 Å². The van der Waals surface area contributed by atoms with E-state index in [1.165, 1.54) is 5.56 Å². The number of hydrogen-bond acceptors (Lipinski definition) is 3. The quantitative estimate of drug-likeness (QED) is 0.763. The molecule has 0 unspecified atom stereocenters. The summed E-state index contributed by atoms with van der Waals surface area (Å²) in [6.07, 6.45) is 5.93. The first-order chi connectivity index (χ1) is 8.70. The van der Waals surface area contributed by atoms with Gasteiger partial charge in [-0.1, -0.05) is 13.8 Å². The zero-order valence-electron chi connectivity index (χ0n) is 11.6. The number of carbonyl (C=O) groups excluding carboxylic acids is 1. The molecule has 98 valence electrons. The minimum atomic E-state index is 0.207. The summed E-state index contributed by atoms with van der Waals surface area (Å²) < 4.78 is 5.11. The Morgan fingerprint density at radius 2 is 2.00 bits per heavy atom. The fourth-order valence-corrected chi connectivity index (χ4v) is 1.99. The van der Waals surface area contributed by atoms with Gasteiger partial charge in [0.25, 0.3) is 0 Å². The first-order valence-corrected chi connectivity index (χ1v) is 6.45. The van der Waals surface area contributed by atoms with E-state index >= 15 is 0 Å². The monoisotopic (exact) mass is 247 g/mol. The van der Waals surface area contributed by atoms with Crippen molar-refractivity contribution < 1.29 is 9.53 Å². The van der Waals surface area contributed by atoms with Gasteiger partial charge in [0.15, 0.2) is 5.78 Å². The van der Waals surface area contributed by atoms with Crippen molar-refractivity contribution in [2.45, 2.75) is 40.0 Å². The highest BCUT2D eigenvalue weighted by molar-refractivity contribution is 5.97. The van der Waals surface area contributed by atoms with Crippen molar-refractivity contribution in [1.82, 2.24) is 4.98 Å². The molecule has 18 heavy (non-hydrogen) atoms. The van der Waals surface area contributed by atoms with Crippen LogP contribution in [-0.4, -0.2) is 17.9 Å². The van der Waals surface area contributed by atoms with Gasteiger partial charge in [-0.15, -0.1) is 0 Å². The molecule has 0 spiro atoms. The molecule has 0 fully saturated rings. The molecular weight excluding hydrogens is 226 g/mol. The molecule has 0 aromatic carbocycles. The van der Waals surface area contributed by atoms with Crippen molar-refractivity contribution in [2.24, 2.45) is 0 Å². The number of aromatic nitrogens is 1. The van der Waals surface area contributed by atoms with Crippen molar-refractivity contribution in [1.29, 1.82) is 0 Å². The van der Waals surface area contributed by atoms with Gasteiger partial charge in [-0.3, -0.25) is 4.79 Å². The molecule has 1 aromatic heterocycles. The molecule has 1 heterocycles. The second-order valence-corrected chi connectivity index (χ2v) is 4.03. The van der Waals surface area contributed by atoms with Crippen LogP contribution >= 0.6 is 0 Å². The summed E-state index contributed by atoms with van der Waals surface area (Å²) >= 11 is 0. The van der Waals surface area contributed by atoms with Gasteiger partial charge in [0.2, 0.25) is 5.88 Å². The number of carbonyl (C=O) groups is 1. The van der Waals surface area contributed by atoms with E-state index in [4.69, 9.17) is 4.74 Å². The standard InChI is InChI=1S/C13H15NO2.C2H6/c1-9-6-11(15)5-3-4-10-7-13(16-2)14-8-12(9)10;1-2/h6-8H,3-5H2,1-2H3;1-2H3/b9-6-;. The van der Waals surface area contributed by atoms with Gasteiger partial charge >= 0.3 is 0 Å². The second-order valence-electron chi connectivity index (χ2n) is 4.03. The molecule has 0 saturated heterocycles. The molecule has 0 atom stereocenters. The van der Waals surface area contributed by atoms with Crippen molar-refractivity contribution in [3.63, 3.8) is 0 Å². The molecule has 0 radical (unpaired) electrons. The van der Waals surface area contributed by atoms with Crippen molar-refractivity contribution in [3.8, 4) is 5.88 Å². The Morgan fingerprint density at radius 1 is 1.28 bits per heavy atom. The van der Waals surface area contributed by atoms with E-state index in [1.54, 1.807) is 19.4 Å². The van der Waals surface area contributed by atoms with Crippen LogP contribution in [0.15, 0.2) is 18.3 Å². The van der Waals surface area contributed by atoms with Gasteiger partial charge in [0.1, 0.15) is 0 Å². The van der Waals surface area contributed by atoms with Crippen LogP contribution in [0.1, 0.15) is 44.7 Å². The van der Waals surface area contributed by atoms with Crippen LogP contribution in [0.4, 0.5) is 0 Å². The summed E-state index contributed by atoms with van der Waals surface area (Å²) in [7, 11) is 1.61. The smallest absolute Gasteiger partial charge is 0.213 e. The van der Waals surface area contributed by atoms with Crippen molar-refractivity contribution in [2.75, 3.05) is 7.11 Å². The minimum Gasteiger partial charge on any atom is -0.481 e. The Morgan fingerprint density at radius 3 is 2.67 bits per heavy atom. The zero-order chi connectivity index (χ0) is 13.5. The van der Waals surface area contributed by atoms with Crippen LogP contribution in [0.5, 0.6) is 5.88 Å². The third-order valence-corrected chi connectivity index (χ3v) is 2.85. The van der Waals surface area contributed by atoms with E-state index in [9.17, 15) is 4.79 Å². The molecule has 0 amide bonds. The van der Waals surface area contributed by atoms with Crippen LogP contribution in [0, 0.1) is 0 Å².